The van der Waals surface area contributed by atoms with E-state index in [4.69, 9.17) is 21.1 Å². The lowest BCUT2D eigenvalue weighted by molar-refractivity contribution is -0.134. The van der Waals surface area contributed by atoms with Gasteiger partial charge in [0.25, 0.3) is 11.8 Å². The maximum Gasteiger partial charge on any atom is 0.286 e. The monoisotopic (exact) mass is 472 g/mol. The number of carbonyl (C=O) groups excluding carboxylic acids is 2. The van der Waals surface area contributed by atoms with E-state index >= 15 is 0 Å². The number of hydrogen-bond donors (Lipinski definition) is 1. The second kappa shape index (κ2) is 9.97. The van der Waals surface area contributed by atoms with Gasteiger partial charge in [0, 0.05) is 17.3 Å². The van der Waals surface area contributed by atoms with Gasteiger partial charge in [-0.2, -0.15) is 0 Å². The molecular formula is C22H21ClN4O4S. The molecule has 1 aromatic heterocycles. The van der Waals surface area contributed by atoms with Crippen LogP contribution >= 0.6 is 22.9 Å². The molecule has 0 aliphatic carbocycles. The highest BCUT2D eigenvalue weighted by Crippen LogP contribution is 2.34. The number of anilines is 1. The molecule has 3 aromatic rings. The van der Waals surface area contributed by atoms with Crippen LogP contribution in [0.1, 0.15) is 33.7 Å². The van der Waals surface area contributed by atoms with Crippen molar-refractivity contribution in [3.05, 3.63) is 63.6 Å². The lowest BCUT2D eigenvalue weighted by atomic mass is 10.2. The largest absolute Gasteiger partial charge is 0.497 e. The number of ether oxygens (including phenoxy) is 2. The third-order valence-corrected chi connectivity index (χ3v) is 6.26. The van der Waals surface area contributed by atoms with Crippen LogP contribution in [0.4, 0.5) is 5.69 Å². The molecule has 1 unspecified atom stereocenters. The zero-order chi connectivity index (χ0) is 22.5. The zero-order valence-electron chi connectivity index (χ0n) is 17.3. The molecule has 0 saturated carbocycles. The number of carbonyl (C=O) groups is 2. The first kappa shape index (κ1) is 22.0. The van der Waals surface area contributed by atoms with E-state index < -0.39 is 0 Å². The highest BCUT2D eigenvalue weighted by atomic mass is 35.5. The Kier molecular flexibility index (Phi) is 6.87. The van der Waals surface area contributed by atoms with Crippen molar-refractivity contribution in [3.8, 4) is 11.5 Å². The van der Waals surface area contributed by atoms with E-state index in [-0.39, 0.29) is 29.5 Å². The molecule has 2 aromatic carbocycles. The number of halogens is 1. The molecule has 1 fully saturated rings. The van der Waals surface area contributed by atoms with Gasteiger partial charge in [-0.15, -0.1) is 10.2 Å². The van der Waals surface area contributed by atoms with E-state index in [1.165, 1.54) is 11.3 Å². The summed E-state index contributed by atoms with van der Waals surface area (Å²) in [5, 5.41) is 12.4. The Hall–Kier alpha value is -3.17. The van der Waals surface area contributed by atoms with Crippen molar-refractivity contribution in [3.63, 3.8) is 0 Å². The summed E-state index contributed by atoms with van der Waals surface area (Å²) in [4.78, 5) is 27.0. The third-order valence-electron chi connectivity index (χ3n) is 5.00. The molecule has 0 spiro atoms. The van der Waals surface area contributed by atoms with Gasteiger partial charge in [0.05, 0.1) is 13.2 Å². The molecular weight excluding hydrogens is 452 g/mol. The molecule has 1 aliphatic rings. The van der Waals surface area contributed by atoms with Gasteiger partial charge in [0.1, 0.15) is 16.5 Å². The molecule has 2 amide bonds. The van der Waals surface area contributed by atoms with Gasteiger partial charge in [0.15, 0.2) is 6.61 Å². The van der Waals surface area contributed by atoms with Crippen LogP contribution in [0.15, 0.2) is 48.5 Å². The van der Waals surface area contributed by atoms with Crippen LogP contribution in [0.2, 0.25) is 5.02 Å². The fraction of sp³-hybridized carbons (Fsp3) is 0.273. The number of nitrogens with zero attached hydrogens (tertiary/aromatic N) is 3. The van der Waals surface area contributed by atoms with E-state index in [2.05, 4.69) is 15.5 Å². The van der Waals surface area contributed by atoms with Crippen LogP contribution in [0.5, 0.6) is 11.5 Å². The number of aromatic nitrogens is 2. The number of likely N-dealkylation sites (tertiary alicyclic amines) is 1. The molecule has 1 aliphatic heterocycles. The van der Waals surface area contributed by atoms with E-state index in [1.54, 1.807) is 60.5 Å². The molecule has 10 heteroatoms. The van der Waals surface area contributed by atoms with Gasteiger partial charge in [-0.3, -0.25) is 9.59 Å². The summed E-state index contributed by atoms with van der Waals surface area (Å²) >= 11 is 7.14. The number of hydrogen-bond acceptors (Lipinski definition) is 7. The normalized spacial score (nSPS) is 15.4. The van der Waals surface area contributed by atoms with E-state index in [1.807, 2.05) is 0 Å². The first-order valence-electron chi connectivity index (χ1n) is 10.00. The van der Waals surface area contributed by atoms with Crippen molar-refractivity contribution in [2.45, 2.75) is 18.9 Å². The van der Waals surface area contributed by atoms with Crippen LogP contribution in [-0.4, -0.2) is 47.2 Å². The Morgan fingerprint density at radius 3 is 2.72 bits per heavy atom. The lowest BCUT2D eigenvalue weighted by Crippen LogP contribution is -2.34. The first-order chi connectivity index (χ1) is 15.5. The number of rotatable bonds is 7. The highest BCUT2D eigenvalue weighted by Gasteiger charge is 2.33. The maximum atomic E-state index is 12.8. The molecule has 4 rings (SSSR count). The minimum Gasteiger partial charge on any atom is -0.497 e. The van der Waals surface area contributed by atoms with Gasteiger partial charge in [-0.25, -0.2) is 0 Å². The summed E-state index contributed by atoms with van der Waals surface area (Å²) in [6.45, 7) is 0.531. The minimum atomic E-state index is -0.366. The molecule has 32 heavy (non-hydrogen) atoms. The second-order valence-corrected chi connectivity index (χ2v) is 8.56. The van der Waals surface area contributed by atoms with Gasteiger partial charge < -0.3 is 19.7 Å². The SMILES string of the molecule is COc1ccc(OCC(=O)N2CCCC2c2nnc(C(=O)Nc3cccc(Cl)c3)s2)cc1. The molecule has 1 N–H and O–H groups in total. The van der Waals surface area contributed by atoms with Crippen LogP contribution < -0.4 is 14.8 Å². The average molecular weight is 473 g/mol. The molecule has 0 bridgehead atoms. The summed E-state index contributed by atoms with van der Waals surface area (Å²) in [5.41, 5.74) is 0.576. The Balaban J connectivity index is 1.38. The predicted molar refractivity (Wildman–Crippen MR) is 121 cm³/mol. The standard InChI is InChI=1S/C22H21ClN4O4S/c1-30-16-7-9-17(10-8-16)31-13-19(28)27-11-3-6-18(27)21-25-26-22(32-21)20(29)24-15-5-2-4-14(23)12-15/h2,4-5,7-10,12,18H,3,6,11,13H2,1H3,(H,24,29). The second-order valence-electron chi connectivity index (χ2n) is 7.12. The quantitative estimate of drug-likeness (QED) is 0.554. The van der Waals surface area contributed by atoms with Crippen LogP contribution in [0.25, 0.3) is 0 Å². The lowest BCUT2D eigenvalue weighted by Gasteiger charge is -2.22. The fourth-order valence-corrected chi connectivity index (χ4v) is 4.51. The van der Waals surface area contributed by atoms with Crippen molar-refractivity contribution in [1.82, 2.24) is 15.1 Å². The topological polar surface area (TPSA) is 93.7 Å². The van der Waals surface area contributed by atoms with Crippen molar-refractivity contribution in [2.24, 2.45) is 0 Å². The average Bonchev–Trinajstić information content (AvgIpc) is 3.47. The summed E-state index contributed by atoms with van der Waals surface area (Å²) in [5.74, 6) is 0.804. The van der Waals surface area contributed by atoms with Crippen LogP contribution in [0, 0.1) is 0 Å². The fourth-order valence-electron chi connectivity index (χ4n) is 3.43. The molecule has 166 valence electrons. The third kappa shape index (κ3) is 5.17. The molecule has 2 heterocycles. The van der Waals surface area contributed by atoms with Gasteiger partial charge >= 0.3 is 0 Å². The van der Waals surface area contributed by atoms with E-state index in [0.29, 0.717) is 28.0 Å². The van der Waals surface area contributed by atoms with Crippen molar-refractivity contribution in [1.29, 1.82) is 0 Å². The Labute approximate surface area is 194 Å². The Morgan fingerprint density at radius 2 is 1.97 bits per heavy atom. The first-order valence-corrected chi connectivity index (χ1v) is 11.2. The number of amides is 2. The van der Waals surface area contributed by atoms with Gasteiger partial charge in [-0.05, 0) is 55.3 Å². The summed E-state index contributed by atoms with van der Waals surface area (Å²) < 4.78 is 10.7. The van der Waals surface area contributed by atoms with E-state index in [9.17, 15) is 9.59 Å². The number of nitrogens with one attached hydrogen (secondary N) is 1. The summed E-state index contributed by atoms with van der Waals surface area (Å²) in [6, 6.07) is 13.7. The molecule has 8 nitrogen and oxygen atoms in total. The summed E-state index contributed by atoms with van der Waals surface area (Å²) in [6.07, 6.45) is 1.61. The van der Waals surface area contributed by atoms with Crippen molar-refractivity contribution < 1.29 is 19.1 Å². The minimum absolute atomic E-state index is 0.0796. The smallest absolute Gasteiger partial charge is 0.286 e. The number of methoxy groups -OCH3 is 1. The van der Waals surface area contributed by atoms with Crippen LogP contribution in [0.3, 0.4) is 0 Å². The van der Waals surface area contributed by atoms with Gasteiger partial charge in [-0.1, -0.05) is 29.0 Å². The van der Waals surface area contributed by atoms with E-state index in [0.717, 1.165) is 18.6 Å². The zero-order valence-corrected chi connectivity index (χ0v) is 18.9. The van der Waals surface area contributed by atoms with Crippen LogP contribution in [-0.2, 0) is 4.79 Å². The van der Waals surface area contributed by atoms with Crippen molar-refractivity contribution >= 4 is 40.4 Å². The molecule has 0 radical (unpaired) electrons. The Bertz CT molecular complexity index is 1110. The summed E-state index contributed by atoms with van der Waals surface area (Å²) in [7, 11) is 1.59. The molecule has 1 atom stereocenters. The van der Waals surface area contributed by atoms with Gasteiger partial charge in [0.2, 0.25) is 5.01 Å². The van der Waals surface area contributed by atoms with Crippen molar-refractivity contribution in [2.75, 3.05) is 25.6 Å². The highest BCUT2D eigenvalue weighted by molar-refractivity contribution is 7.13. The maximum absolute atomic E-state index is 12.8. The number of benzene rings is 2. The predicted octanol–water partition coefficient (Wildman–Crippen LogP) is 4.19. The molecule has 1 saturated heterocycles. The Morgan fingerprint density at radius 1 is 1.19 bits per heavy atom.